The van der Waals surface area contributed by atoms with Gasteiger partial charge >= 0.3 is 6.18 Å². The maximum atomic E-state index is 13.1. The average Bonchev–Trinajstić information content (AvgIpc) is 2.85. The predicted molar refractivity (Wildman–Crippen MR) is 84.5 cm³/mol. The number of halogens is 3. The van der Waals surface area contributed by atoms with Crippen molar-refractivity contribution in [1.29, 1.82) is 0 Å². The minimum atomic E-state index is -4.29. The minimum absolute atomic E-state index is 0.295. The van der Waals surface area contributed by atoms with Crippen LogP contribution in [0.5, 0.6) is 0 Å². The number of hydrogen-bond acceptors (Lipinski definition) is 1. The van der Waals surface area contributed by atoms with Crippen LogP contribution < -0.4 is 0 Å². The van der Waals surface area contributed by atoms with Crippen LogP contribution >= 0.6 is 0 Å². The van der Waals surface area contributed by atoms with Crippen LogP contribution in [0.15, 0.2) is 18.2 Å². The number of benzene rings is 1. The molecule has 2 nitrogen and oxygen atoms in total. The number of hydrogen-bond donors (Lipinski definition) is 1. The van der Waals surface area contributed by atoms with Crippen molar-refractivity contribution in [2.75, 3.05) is 20.1 Å². The summed E-state index contributed by atoms with van der Waals surface area (Å²) in [5.74, 6) is 1.47. The fourth-order valence-electron chi connectivity index (χ4n) is 4.62. The average molecular weight is 322 g/mol. The largest absolute Gasteiger partial charge is 0.416 e. The quantitative estimate of drug-likeness (QED) is 0.761. The fraction of sp³-hybridized carbons (Fsp3) is 0.556. The molecule has 1 fully saturated rings. The minimum Gasteiger partial charge on any atom is -0.358 e. The van der Waals surface area contributed by atoms with Crippen LogP contribution in [-0.2, 0) is 12.6 Å². The summed E-state index contributed by atoms with van der Waals surface area (Å²) in [6.45, 7) is 4.33. The van der Waals surface area contributed by atoms with Crippen molar-refractivity contribution in [3.8, 4) is 0 Å². The van der Waals surface area contributed by atoms with Crippen molar-refractivity contribution >= 4 is 10.9 Å². The predicted octanol–water partition coefficient (Wildman–Crippen LogP) is 4.41. The lowest BCUT2D eigenvalue weighted by molar-refractivity contribution is -0.137. The van der Waals surface area contributed by atoms with Gasteiger partial charge in [0, 0.05) is 23.1 Å². The van der Waals surface area contributed by atoms with E-state index in [1.54, 1.807) is 6.07 Å². The summed E-state index contributed by atoms with van der Waals surface area (Å²) < 4.78 is 39.2. The molecule has 23 heavy (non-hydrogen) atoms. The molecule has 1 aliphatic heterocycles. The second kappa shape index (κ2) is 5.00. The Morgan fingerprint density at radius 2 is 2.04 bits per heavy atom. The van der Waals surface area contributed by atoms with Crippen LogP contribution in [0.1, 0.15) is 36.1 Å². The molecule has 0 spiro atoms. The summed E-state index contributed by atoms with van der Waals surface area (Å²) in [6, 6.07) is 4.09. The summed E-state index contributed by atoms with van der Waals surface area (Å²) >= 11 is 0. The van der Waals surface area contributed by atoms with E-state index < -0.39 is 11.7 Å². The van der Waals surface area contributed by atoms with Crippen LogP contribution in [0.4, 0.5) is 13.2 Å². The molecule has 0 radical (unpaired) electrons. The molecule has 1 aliphatic carbocycles. The van der Waals surface area contributed by atoms with E-state index in [1.807, 2.05) is 0 Å². The molecule has 1 aromatic heterocycles. The van der Waals surface area contributed by atoms with Crippen LogP contribution in [0.2, 0.25) is 0 Å². The SMILES string of the molecule is CC1c2c([nH]c3ccc(C(F)(F)F)cc23)C[C@@H]2CCN(C)CC12. The second-order valence-corrected chi connectivity index (χ2v) is 7.24. The number of piperidine rings is 1. The van der Waals surface area contributed by atoms with E-state index in [1.165, 1.54) is 18.6 Å². The third-order valence-corrected chi connectivity index (χ3v) is 5.82. The van der Waals surface area contributed by atoms with Crippen molar-refractivity contribution < 1.29 is 13.2 Å². The van der Waals surface area contributed by atoms with E-state index in [2.05, 4.69) is 23.9 Å². The number of likely N-dealkylation sites (tertiary alicyclic amines) is 1. The number of nitrogens with one attached hydrogen (secondary N) is 1. The van der Waals surface area contributed by atoms with Gasteiger partial charge in [-0.25, -0.2) is 0 Å². The number of aromatic nitrogens is 1. The Labute approximate surface area is 133 Å². The zero-order valence-corrected chi connectivity index (χ0v) is 13.4. The first-order valence-electron chi connectivity index (χ1n) is 8.25. The highest BCUT2D eigenvalue weighted by Gasteiger charge is 2.39. The molecule has 1 aromatic carbocycles. The molecule has 2 unspecified atom stereocenters. The van der Waals surface area contributed by atoms with Crippen LogP contribution in [0.3, 0.4) is 0 Å². The van der Waals surface area contributed by atoms with Crippen molar-refractivity contribution in [2.45, 2.75) is 31.9 Å². The molecular weight excluding hydrogens is 301 g/mol. The standard InChI is InChI=1S/C18H21F3N2/c1-10-14-9-23(2)6-5-11(14)7-16-17(10)13-8-12(18(19,20)21)3-4-15(13)22-16/h3-4,8,10-11,14,22H,5-7,9H2,1-2H3/t10?,11-,14?/m0/s1. The molecule has 1 N–H and O–H groups in total. The number of aromatic amines is 1. The van der Waals surface area contributed by atoms with Gasteiger partial charge in [-0.1, -0.05) is 6.92 Å². The Hall–Kier alpha value is -1.49. The Morgan fingerprint density at radius 1 is 1.26 bits per heavy atom. The van der Waals surface area contributed by atoms with Crippen LogP contribution in [0, 0.1) is 11.8 Å². The maximum Gasteiger partial charge on any atom is 0.416 e. The molecule has 2 aromatic rings. The van der Waals surface area contributed by atoms with E-state index in [0.717, 1.165) is 41.7 Å². The first-order chi connectivity index (χ1) is 10.8. The van der Waals surface area contributed by atoms with Gasteiger partial charge in [0.25, 0.3) is 0 Å². The lowest BCUT2D eigenvalue weighted by atomic mass is 9.68. The molecule has 0 saturated carbocycles. The Balaban J connectivity index is 1.83. The third-order valence-electron chi connectivity index (χ3n) is 5.82. The molecular formula is C18H21F3N2. The molecule has 5 heteroatoms. The van der Waals surface area contributed by atoms with Gasteiger partial charge in [0.2, 0.25) is 0 Å². The fourth-order valence-corrected chi connectivity index (χ4v) is 4.62. The highest BCUT2D eigenvalue weighted by molar-refractivity contribution is 5.86. The summed E-state index contributed by atoms with van der Waals surface area (Å²) in [5.41, 5.74) is 2.55. The van der Waals surface area contributed by atoms with Crippen molar-refractivity contribution in [3.63, 3.8) is 0 Å². The monoisotopic (exact) mass is 322 g/mol. The van der Waals surface area contributed by atoms with Gasteiger partial charge in [-0.05, 0) is 68.0 Å². The number of alkyl halides is 3. The Bertz CT molecular complexity index is 747. The zero-order valence-electron chi connectivity index (χ0n) is 13.4. The van der Waals surface area contributed by atoms with E-state index >= 15 is 0 Å². The van der Waals surface area contributed by atoms with Gasteiger partial charge in [-0.2, -0.15) is 13.2 Å². The summed E-state index contributed by atoms with van der Waals surface area (Å²) in [5, 5.41) is 0.758. The number of fused-ring (bicyclic) bond motifs is 4. The summed E-state index contributed by atoms with van der Waals surface area (Å²) in [4.78, 5) is 5.73. The Morgan fingerprint density at radius 3 is 2.78 bits per heavy atom. The summed E-state index contributed by atoms with van der Waals surface area (Å²) in [6.07, 6.45) is -2.15. The van der Waals surface area contributed by atoms with E-state index in [9.17, 15) is 13.2 Å². The number of nitrogens with zero attached hydrogens (tertiary/aromatic N) is 1. The second-order valence-electron chi connectivity index (χ2n) is 7.24. The number of H-pyrrole nitrogens is 1. The van der Waals surface area contributed by atoms with Crippen molar-refractivity contribution in [3.05, 3.63) is 35.0 Å². The maximum absolute atomic E-state index is 13.1. The van der Waals surface area contributed by atoms with Gasteiger partial charge < -0.3 is 9.88 Å². The van der Waals surface area contributed by atoms with Gasteiger partial charge in [0.15, 0.2) is 0 Å². The molecule has 124 valence electrons. The lowest BCUT2D eigenvalue weighted by Crippen LogP contribution is -2.43. The highest BCUT2D eigenvalue weighted by Crippen LogP contribution is 2.46. The molecule has 0 amide bonds. The lowest BCUT2D eigenvalue weighted by Gasteiger charge is -2.43. The van der Waals surface area contributed by atoms with Gasteiger partial charge in [0.05, 0.1) is 5.56 Å². The van der Waals surface area contributed by atoms with Crippen molar-refractivity contribution in [1.82, 2.24) is 9.88 Å². The van der Waals surface area contributed by atoms with Gasteiger partial charge in [-0.3, -0.25) is 0 Å². The number of rotatable bonds is 0. The molecule has 0 bridgehead atoms. The van der Waals surface area contributed by atoms with E-state index in [4.69, 9.17) is 0 Å². The molecule has 2 aliphatic rings. The zero-order chi connectivity index (χ0) is 16.4. The van der Waals surface area contributed by atoms with Crippen LogP contribution in [-0.4, -0.2) is 30.0 Å². The van der Waals surface area contributed by atoms with E-state index in [0.29, 0.717) is 17.8 Å². The van der Waals surface area contributed by atoms with Gasteiger partial charge in [-0.15, -0.1) is 0 Å². The van der Waals surface area contributed by atoms with Crippen molar-refractivity contribution in [2.24, 2.45) is 11.8 Å². The first kappa shape index (κ1) is 15.1. The van der Waals surface area contributed by atoms with E-state index in [-0.39, 0.29) is 0 Å². The first-order valence-corrected chi connectivity index (χ1v) is 8.25. The molecule has 2 heterocycles. The molecule has 3 atom stereocenters. The summed E-state index contributed by atoms with van der Waals surface area (Å²) in [7, 11) is 2.13. The van der Waals surface area contributed by atoms with Gasteiger partial charge in [0.1, 0.15) is 0 Å². The normalized spacial score (nSPS) is 28.7. The molecule has 1 saturated heterocycles. The highest BCUT2D eigenvalue weighted by atomic mass is 19.4. The third kappa shape index (κ3) is 2.36. The molecule has 4 rings (SSSR count). The topological polar surface area (TPSA) is 19.0 Å². The van der Waals surface area contributed by atoms with Crippen LogP contribution in [0.25, 0.3) is 10.9 Å². The smallest absolute Gasteiger partial charge is 0.358 e. The Kier molecular flexibility index (Phi) is 3.28.